The number of carbonyl (C=O) groups excluding carboxylic acids is 2. The quantitative estimate of drug-likeness (QED) is 0.331. The molecule has 2 aromatic carbocycles. The average Bonchev–Trinajstić information content (AvgIpc) is 3.48. The highest BCUT2D eigenvalue weighted by atomic mass is 79.9. The lowest BCUT2D eigenvalue weighted by molar-refractivity contribution is 0.0655. The van der Waals surface area contributed by atoms with Crippen LogP contribution in [0.15, 0.2) is 65.3 Å². The second kappa shape index (κ2) is 10.5. The van der Waals surface area contributed by atoms with Gasteiger partial charge in [0.05, 0.1) is 39.4 Å². The molecular formula is C28H23BrF2N4O3S. The second-order valence-corrected chi connectivity index (χ2v) is 11.4. The zero-order chi connectivity index (χ0) is 27.1. The van der Waals surface area contributed by atoms with E-state index in [9.17, 15) is 18.4 Å². The van der Waals surface area contributed by atoms with Crippen molar-refractivity contribution in [3.05, 3.63) is 92.9 Å². The van der Waals surface area contributed by atoms with Crippen molar-refractivity contribution in [2.75, 3.05) is 19.7 Å². The molecule has 0 saturated carbocycles. The van der Waals surface area contributed by atoms with Crippen LogP contribution in [0.5, 0.6) is 5.06 Å². The molecule has 0 unspecified atom stereocenters. The van der Waals surface area contributed by atoms with Crippen LogP contribution < -0.4 is 10.1 Å². The van der Waals surface area contributed by atoms with Gasteiger partial charge in [-0.05, 0) is 58.2 Å². The maximum Gasteiger partial charge on any atom is 0.261 e. The number of rotatable bonds is 4. The van der Waals surface area contributed by atoms with Crippen molar-refractivity contribution < 1.29 is 23.1 Å². The van der Waals surface area contributed by atoms with Gasteiger partial charge in [0.2, 0.25) is 0 Å². The first-order valence-corrected chi connectivity index (χ1v) is 14.1. The highest BCUT2D eigenvalue weighted by Crippen LogP contribution is 2.43. The number of piperidine rings is 1. The smallest absolute Gasteiger partial charge is 0.261 e. The Morgan fingerprint density at radius 2 is 1.90 bits per heavy atom. The van der Waals surface area contributed by atoms with Gasteiger partial charge in [0, 0.05) is 24.6 Å². The van der Waals surface area contributed by atoms with E-state index >= 15 is 0 Å². The summed E-state index contributed by atoms with van der Waals surface area (Å²) in [6, 6.07) is 14.0. The Labute approximate surface area is 235 Å². The largest absolute Gasteiger partial charge is 0.481 e. The number of nitrogens with one attached hydrogen (secondary N) is 1. The number of hydrogen-bond acceptors (Lipinski definition) is 5. The van der Waals surface area contributed by atoms with Crippen molar-refractivity contribution in [3.63, 3.8) is 0 Å². The molecule has 0 aliphatic carbocycles. The summed E-state index contributed by atoms with van der Waals surface area (Å²) in [6.45, 7) is 1.66. The summed E-state index contributed by atoms with van der Waals surface area (Å²) in [6.07, 6.45) is 2.19. The molecule has 2 atom stereocenters. The van der Waals surface area contributed by atoms with Crippen molar-refractivity contribution >= 4 is 39.1 Å². The predicted molar refractivity (Wildman–Crippen MR) is 146 cm³/mol. The molecule has 11 heteroatoms. The third kappa shape index (κ3) is 4.96. The average molecular weight is 613 g/mol. The Morgan fingerprint density at radius 3 is 2.69 bits per heavy atom. The van der Waals surface area contributed by atoms with E-state index in [1.807, 2.05) is 10.7 Å². The summed E-state index contributed by atoms with van der Waals surface area (Å²) in [5, 5.41) is 8.08. The molecule has 0 radical (unpaired) electrons. The molecule has 4 aromatic rings. The number of nitrogens with zero attached hydrogens (tertiary/aromatic N) is 3. The molecule has 1 N–H and O–H groups in total. The summed E-state index contributed by atoms with van der Waals surface area (Å²) >= 11 is 4.78. The molecule has 0 bridgehead atoms. The summed E-state index contributed by atoms with van der Waals surface area (Å²) in [4.78, 5) is 28.9. The first-order chi connectivity index (χ1) is 18.9. The molecule has 4 heterocycles. The maximum absolute atomic E-state index is 14.2. The van der Waals surface area contributed by atoms with Crippen LogP contribution in [0.4, 0.5) is 8.78 Å². The third-order valence-corrected chi connectivity index (χ3v) is 8.74. The number of thiophene rings is 1. The molecular weight excluding hydrogens is 590 g/mol. The highest BCUT2D eigenvalue weighted by Gasteiger charge is 2.35. The number of ether oxygens (including phenoxy) is 1. The summed E-state index contributed by atoms with van der Waals surface area (Å²) in [5.74, 6) is -2.66. The van der Waals surface area contributed by atoms with E-state index in [-0.39, 0.29) is 24.3 Å². The fourth-order valence-corrected chi connectivity index (χ4v) is 6.66. The zero-order valence-corrected chi connectivity index (χ0v) is 23.0. The predicted octanol–water partition coefficient (Wildman–Crippen LogP) is 5.47. The first kappa shape index (κ1) is 25.7. The first-order valence-electron chi connectivity index (χ1n) is 12.5. The third-order valence-electron chi connectivity index (χ3n) is 7.12. The Hall–Kier alpha value is -3.57. The van der Waals surface area contributed by atoms with Gasteiger partial charge in [-0.15, -0.1) is 0 Å². The van der Waals surface area contributed by atoms with E-state index in [1.165, 1.54) is 23.5 Å². The SMILES string of the molecule is O=C(N[C@@H]1CN(C(=O)c2ccccc2)CC[C@H]1c1ccc(F)c(F)c1)c1cc2c(s1)OCCn1ncc(Br)c1-2. The standard InChI is InChI=1S/C28H23BrF2N4O3S/c29-20-14-32-35-10-11-38-28-19(25(20)35)13-24(39-28)26(36)33-23-15-34(27(37)16-4-2-1-3-5-16)9-8-18(23)17-6-7-21(30)22(31)12-17/h1-7,12-14,18,23H,8-11,15H2,(H,33,36)/t18-,23+/m0/s1. The molecule has 200 valence electrons. The second-order valence-electron chi connectivity index (χ2n) is 9.49. The zero-order valence-electron chi connectivity index (χ0n) is 20.6. The van der Waals surface area contributed by atoms with Gasteiger partial charge in [-0.25, -0.2) is 8.78 Å². The van der Waals surface area contributed by atoms with E-state index in [2.05, 4.69) is 26.3 Å². The van der Waals surface area contributed by atoms with Crippen LogP contribution in [0.25, 0.3) is 11.3 Å². The minimum Gasteiger partial charge on any atom is -0.481 e. The van der Waals surface area contributed by atoms with E-state index in [0.29, 0.717) is 47.2 Å². The van der Waals surface area contributed by atoms with Gasteiger partial charge in [0.1, 0.15) is 6.61 Å². The van der Waals surface area contributed by atoms with Crippen molar-refractivity contribution in [2.24, 2.45) is 0 Å². The fourth-order valence-electron chi connectivity index (χ4n) is 5.21. The van der Waals surface area contributed by atoms with Crippen molar-refractivity contribution in [1.82, 2.24) is 20.0 Å². The Bertz CT molecular complexity index is 1560. The van der Waals surface area contributed by atoms with E-state index in [4.69, 9.17) is 4.74 Å². The topological polar surface area (TPSA) is 76.5 Å². The van der Waals surface area contributed by atoms with Gasteiger partial charge in [0.15, 0.2) is 16.7 Å². The van der Waals surface area contributed by atoms with Crippen molar-refractivity contribution in [2.45, 2.75) is 24.9 Å². The number of halogens is 3. The highest BCUT2D eigenvalue weighted by molar-refractivity contribution is 9.10. The number of fused-ring (bicyclic) bond motifs is 3. The van der Waals surface area contributed by atoms with Crippen LogP contribution in [0.1, 0.15) is 37.9 Å². The molecule has 1 saturated heterocycles. The number of likely N-dealkylation sites (tertiary alicyclic amines) is 1. The molecule has 2 aromatic heterocycles. The number of benzene rings is 2. The van der Waals surface area contributed by atoms with Gasteiger partial charge in [-0.1, -0.05) is 35.6 Å². The molecule has 2 aliphatic rings. The Kier molecular flexibility index (Phi) is 6.94. The van der Waals surface area contributed by atoms with Crippen LogP contribution >= 0.6 is 27.3 Å². The molecule has 2 amide bonds. The van der Waals surface area contributed by atoms with Crippen LogP contribution in [-0.4, -0.2) is 52.2 Å². The molecule has 0 spiro atoms. The van der Waals surface area contributed by atoms with Crippen LogP contribution in [0, 0.1) is 11.6 Å². The van der Waals surface area contributed by atoms with E-state index in [1.54, 1.807) is 41.4 Å². The van der Waals surface area contributed by atoms with E-state index < -0.39 is 17.7 Å². The molecule has 1 fully saturated rings. The fraction of sp³-hybridized carbons (Fsp3) is 0.250. The molecule has 2 aliphatic heterocycles. The molecule has 7 nitrogen and oxygen atoms in total. The summed E-state index contributed by atoms with van der Waals surface area (Å²) in [7, 11) is 0. The van der Waals surface area contributed by atoms with Gasteiger partial charge in [-0.3, -0.25) is 14.3 Å². The minimum atomic E-state index is -0.943. The number of hydrogen-bond donors (Lipinski definition) is 1. The van der Waals surface area contributed by atoms with Gasteiger partial charge < -0.3 is 15.0 Å². The van der Waals surface area contributed by atoms with Crippen LogP contribution in [0.3, 0.4) is 0 Å². The summed E-state index contributed by atoms with van der Waals surface area (Å²) < 4.78 is 36.4. The summed E-state index contributed by atoms with van der Waals surface area (Å²) in [5.41, 5.74) is 2.74. The number of carbonyl (C=O) groups is 2. The van der Waals surface area contributed by atoms with Crippen LogP contribution in [-0.2, 0) is 6.54 Å². The molecule has 6 rings (SSSR count). The van der Waals surface area contributed by atoms with Gasteiger partial charge in [0.25, 0.3) is 11.8 Å². The van der Waals surface area contributed by atoms with Gasteiger partial charge >= 0.3 is 0 Å². The minimum absolute atomic E-state index is 0.145. The monoisotopic (exact) mass is 612 g/mol. The number of amides is 2. The maximum atomic E-state index is 14.2. The lowest BCUT2D eigenvalue weighted by Gasteiger charge is -2.39. The van der Waals surface area contributed by atoms with Gasteiger partial charge in [-0.2, -0.15) is 5.10 Å². The lowest BCUT2D eigenvalue weighted by atomic mass is 9.84. The van der Waals surface area contributed by atoms with Crippen molar-refractivity contribution in [3.8, 4) is 16.3 Å². The Balaban J connectivity index is 1.29. The molecule has 39 heavy (non-hydrogen) atoms. The van der Waals surface area contributed by atoms with Crippen LogP contribution in [0.2, 0.25) is 0 Å². The van der Waals surface area contributed by atoms with E-state index in [0.717, 1.165) is 21.8 Å². The lowest BCUT2D eigenvalue weighted by Crippen LogP contribution is -2.53. The Morgan fingerprint density at radius 1 is 1.08 bits per heavy atom. The number of aromatic nitrogens is 2. The normalized spacial score (nSPS) is 18.5. The van der Waals surface area contributed by atoms with Crippen molar-refractivity contribution in [1.29, 1.82) is 0 Å².